The molecular weight excluding hydrogens is 328 g/mol. The van der Waals surface area contributed by atoms with Gasteiger partial charge in [-0.25, -0.2) is 0 Å². The van der Waals surface area contributed by atoms with Crippen LogP contribution in [0.1, 0.15) is 55.7 Å². The van der Waals surface area contributed by atoms with Crippen LogP contribution in [0, 0.1) is 6.92 Å². The first-order valence-corrected chi connectivity index (χ1v) is 8.32. The van der Waals surface area contributed by atoms with Crippen LogP contribution in [-0.2, 0) is 6.42 Å². The molecule has 0 aliphatic heterocycles. The fraction of sp³-hybridized carbons (Fsp3) is 0.471. The third-order valence-corrected chi connectivity index (χ3v) is 4.48. The maximum absolute atomic E-state index is 10.5. The van der Waals surface area contributed by atoms with Gasteiger partial charge in [0.2, 0.25) is 0 Å². The molecule has 1 N–H and O–H groups in total. The van der Waals surface area contributed by atoms with Gasteiger partial charge in [0, 0.05) is 17.1 Å². The van der Waals surface area contributed by atoms with Crippen molar-refractivity contribution >= 4 is 15.9 Å². The molecule has 0 bridgehead atoms. The van der Waals surface area contributed by atoms with E-state index in [-0.39, 0.29) is 0 Å². The summed E-state index contributed by atoms with van der Waals surface area (Å²) in [4.78, 5) is 0. The molecule has 0 aliphatic carbocycles. The van der Waals surface area contributed by atoms with Crippen LogP contribution >= 0.6 is 15.9 Å². The van der Waals surface area contributed by atoms with Gasteiger partial charge in [-0.2, -0.15) is 5.10 Å². The highest BCUT2D eigenvalue weighted by atomic mass is 79.9. The highest BCUT2D eigenvalue weighted by molar-refractivity contribution is 9.10. The Kier molecular flexibility index (Phi) is 5.59. The van der Waals surface area contributed by atoms with Gasteiger partial charge in [0.25, 0.3) is 0 Å². The normalized spacial score (nSPS) is 12.9. The summed E-state index contributed by atoms with van der Waals surface area (Å²) >= 11 is 3.46. The van der Waals surface area contributed by atoms with Crippen LogP contribution in [0.25, 0.3) is 0 Å². The van der Waals surface area contributed by atoms with Crippen molar-refractivity contribution in [2.75, 3.05) is 0 Å². The van der Waals surface area contributed by atoms with E-state index in [1.165, 1.54) is 0 Å². The van der Waals surface area contributed by atoms with Crippen molar-refractivity contribution in [2.24, 2.45) is 0 Å². The number of hydrogen-bond acceptors (Lipinski definition) is 2. The molecule has 1 heterocycles. The lowest BCUT2D eigenvalue weighted by Crippen LogP contribution is -2.09. The number of aliphatic hydroxyl groups is 1. The summed E-state index contributed by atoms with van der Waals surface area (Å²) < 4.78 is 3.01. The second-order valence-electron chi connectivity index (χ2n) is 5.48. The molecule has 1 unspecified atom stereocenters. The van der Waals surface area contributed by atoms with E-state index in [4.69, 9.17) is 0 Å². The van der Waals surface area contributed by atoms with Crippen LogP contribution < -0.4 is 0 Å². The Labute approximate surface area is 135 Å². The van der Waals surface area contributed by atoms with E-state index in [2.05, 4.69) is 34.9 Å². The fourth-order valence-electron chi connectivity index (χ4n) is 2.63. The number of halogens is 1. The molecule has 2 aromatic rings. The largest absolute Gasteiger partial charge is 0.388 e. The second kappa shape index (κ2) is 7.23. The zero-order chi connectivity index (χ0) is 15.4. The quantitative estimate of drug-likeness (QED) is 0.827. The first-order chi connectivity index (χ1) is 10.0. The molecule has 0 radical (unpaired) electrons. The van der Waals surface area contributed by atoms with Crippen LogP contribution in [0.4, 0.5) is 0 Å². The highest BCUT2D eigenvalue weighted by Crippen LogP contribution is 2.25. The third kappa shape index (κ3) is 3.95. The zero-order valence-electron chi connectivity index (χ0n) is 12.9. The standard InChI is InChI=1S/C17H23BrN2O/c1-4-15(5-2)20-9-8-14(19-20)11-17(21)16-10-13(18)7-6-12(16)3/h6-10,15,17,21H,4-5,11H2,1-3H3. The molecule has 0 spiro atoms. The molecule has 2 rings (SSSR count). The average Bonchev–Trinajstić information content (AvgIpc) is 2.91. The molecule has 0 saturated carbocycles. The van der Waals surface area contributed by atoms with Crippen molar-refractivity contribution < 1.29 is 5.11 Å². The first-order valence-electron chi connectivity index (χ1n) is 7.53. The highest BCUT2D eigenvalue weighted by Gasteiger charge is 2.15. The number of rotatable bonds is 6. The lowest BCUT2D eigenvalue weighted by Gasteiger charge is -2.14. The summed E-state index contributed by atoms with van der Waals surface area (Å²) in [5.74, 6) is 0. The summed E-state index contributed by atoms with van der Waals surface area (Å²) in [5, 5.41) is 15.1. The lowest BCUT2D eigenvalue weighted by molar-refractivity contribution is 0.176. The van der Waals surface area contributed by atoms with Gasteiger partial charge in [-0.3, -0.25) is 4.68 Å². The lowest BCUT2D eigenvalue weighted by atomic mass is 10.0. The molecule has 3 nitrogen and oxygen atoms in total. The van der Waals surface area contributed by atoms with Crippen LogP contribution in [0.5, 0.6) is 0 Å². The summed E-state index contributed by atoms with van der Waals surface area (Å²) in [5.41, 5.74) is 3.00. The molecule has 1 aromatic heterocycles. The Morgan fingerprint density at radius 1 is 1.24 bits per heavy atom. The summed E-state index contributed by atoms with van der Waals surface area (Å²) in [6, 6.07) is 8.45. The van der Waals surface area contributed by atoms with Gasteiger partial charge < -0.3 is 5.11 Å². The van der Waals surface area contributed by atoms with E-state index in [0.717, 1.165) is 34.1 Å². The van der Waals surface area contributed by atoms with Gasteiger partial charge in [0.05, 0.1) is 17.8 Å². The van der Waals surface area contributed by atoms with E-state index in [0.29, 0.717) is 12.5 Å². The van der Waals surface area contributed by atoms with E-state index in [1.54, 1.807) is 0 Å². The number of hydrogen-bond donors (Lipinski definition) is 1. The Morgan fingerprint density at radius 2 is 1.95 bits per heavy atom. The number of aliphatic hydroxyl groups excluding tert-OH is 1. The topological polar surface area (TPSA) is 38.0 Å². The summed E-state index contributed by atoms with van der Waals surface area (Å²) in [6.45, 7) is 6.37. The number of aryl methyl sites for hydroxylation is 1. The van der Waals surface area contributed by atoms with Gasteiger partial charge in [-0.1, -0.05) is 35.8 Å². The van der Waals surface area contributed by atoms with Crippen molar-refractivity contribution in [3.63, 3.8) is 0 Å². The molecular formula is C17H23BrN2O. The van der Waals surface area contributed by atoms with Gasteiger partial charge in [0.1, 0.15) is 0 Å². The smallest absolute Gasteiger partial charge is 0.0849 e. The third-order valence-electron chi connectivity index (χ3n) is 3.98. The minimum absolute atomic E-state index is 0.448. The van der Waals surface area contributed by atoms with Gasteiger partial charge in [-0.15, -0.1) is 0 Å². The molecule has 1 atom stereocenters. The molecule has 0 saturated heterocycles. The van der Waals surface area contributed by atoms with Gasteiger partial charge in [-0.05, 0) is 49.1 Å². The predicted octanol–water partition coefficient (Wildman–Crippen LogP) is 4.59. The van der Waals surface area contributed by atoms with Crippen molar-refractivity contribution in [3.05, 3.63) is 51.8 Å². The van der Waals surface area contributed by atoms with Crippen molar-refractivity contribution in [1.29, 1.82) is 0 Å². The Morgan fingerprint density at radius 3 is 2.62 bits per heavy atom. The van der Waals surface area contributed by atoms with E-state index in [9.17, 15) is 5.11 Å². The molecule has 1 aromatic carbocycles. The van der Waals surface area contributed by atoms with Crippen LogP contribution in [-0.4, -0.2) is 14.9 Å². The first kappa shape index (κ1) is 16.2. The minimum atomic E-state index is -0.521. The molecule has 0 amide bonds. The second-order valence-corrected chi connectivity index (χ2v) is 6.39. The summed E-state index contributed by atoms with van der Waals surface area (Å²) in [6.07, 6.45) is 4.20. The van der Waals surface area contributed by atoms with Crippen molar-refractivity contribution in [2.45, 2.75) is 52.2 Å². The minimum Gasteiger partial charge on any atom is -0.388 e. The van der Waals surface area contributed by atoms with Crippen molar-refractivity contribution in [3.8, 4) is 0 Å². The van der Waals surface area contributed by atoms with E-state index < -0.39 is 6.10 Å². The number of aromatic nitrogens is 2. The molecule has 21 heavy (non-hydrogen) atoms. The summed E-state index contributed by atoms with van der Waals surface area (Å²) in [7, 11) is 0. The van der Waals surface area contributed by atoms with Crippen LogP contribution in [0.15, 0.2) is 34.9 Å². The zero-order valence-corrected chi connectivity index (χ0v) is 14.5. The van der Waals surface area contributed by atoms with E-state index >= 15 is 0 Å². The fourth-order valence-corrected chi connectivity index (χ4v) is 3.01. The Bertz CT molecular complexity index is 590. The van der Waals surface area contributed by atoms with Crippen LogP contribution in [0.3, 0.4) is 0 Å². The number of nitrogens with zero attached hydrogens (tertiary/aromatic N) is 2. The van der Waals surface area contributed by atoms with E-state index in [1.807, 2.05) is 42.1 Å². The van der Waals surface area contributed by atoms with Gasteiger partial charge >= 0.3 is 0 Å². The molecule has 4 heteroatoms. The molecule has 114 valence electrons. The maximum Gasteiger partial charge on any atom is 0.0849 e. The Hall–Kier alpha value is -1.13. The predicted molar refractivity (Wildman–Crippen MR) is 89.4 cm³/mol. The van der Waals surface area contributed by atoms with Crippen LogP contribution in [0.2, 0.25) is 0 Å². The average molecular weight is 351 g/mol. The maximum atomic E-state index is 10.5. The monoisotopic (exact) mass is 350 g/mol. The number of benzene rings is 1. The Balaban J connectivity index is 2.12. The molecule has 0 fully saturated rings. The van der Waals surface area contributed by atoms with Crippen molar-refractivity contribution in [1.82, 2.24) is 9.78 Å². The SMILES string of the molecule is CCC(CC)n1ccc(CC(O)c2cc(Br)ccc2C)n1. The van der Waals surface area contributed by atoms with Gasteiger partial charge in [0.15, 0.2) is 0 Å². The molecule has 0 aliphatic rings.